The number of alkyl carbamates (subject to hydrolysis) is 1. The molecule has 0 saturated carbocycles. The van der Waals surface area contributed by atoms with Crippen LogP contribution in [0.1, 0.15) is 34.1 Å². The lowest BCUT2D eigenvalue weighted by molar-refractivity contribution is -0.128. The molecule has 1 saturated heterocycles. The Morgan fingerprint density at radius 3 is 2.71 bits per heavy atom. The van der Waals surface area contributed by atoms with Crippen LogP contribution in [0.4, 0.5) is 4.79 Å². The summed E-state index contributed by atoms with van der Waals surface area (Å²) in [5.41, 5.74) is -0.509. The summed E-state index contributed by atoms with van der Waals surface area (Å²) < 4.78 is 5.12. The van der Waals surface area contributed by atoms with Crippen LogP contribution in [0, 0.1) is 11.8 Å². The van der Waals surface area contributed by atoms with E-state index in [2.05, 4.69) is 10.6 Å². The maximum absolute atomic E-state index is 11.6. The standard InChI is InChI=1S/C12H22N2O3/c1-8-5-6-13-10(15)9(8)7-14-11(16)17-12(2,3)4/h8-9H,5-7H2,1-4H3,(H,13,15)(H,14,16). The molecule has 1 rings (SSSR count). The molecular formula is C12H22N2O3. The summed E-state index contributed by atoms with van der Waals surface area (Å²) in [7, 11) is 0. The molecule has 0 spiro atoms. The SMILES string of the molecule is CC1CCNC(=O)C1CNC(=O)OC(C)(C)C. The van der Waals surface area contributed by atoms with Crippen LogP contribution in [0.5, 0.6) is 0 Å². The van der Waals surface area contributed by atoms with Crippen LogP contribution in [-0.2, 0) is 9.53 Å². The van der Waals surface area contributed by atoms with Crippen molar-refractivity contribution < 1.29 is 14.3 Å². The van der Waals surface area contributed by atoms with Gasteiger partial charge in [0.25, 0.3) is 0 Å². The summed E-state index contributed by atoms with van der Waals surface area (Å²) >= 11 is 0. The van der Waals surface area contributed by atoms with E-state index in [1.165, 1.54) is 0 Å². The van der Waals surface area contributed by atoms with E-state index in [9.17, 15) is 9.59 Å². The first-order valence-corrected chi connectivity index (χ1v) is 6.04. The Balaban J connectivity index is 2.39. The zero-order valence-corrected chi connectivity index (χ0v) is 11.0. The molecule has 1 aliphatic rings. The minimum Gasteiger partial charge on any atom is -0.444 e. The molecule has 17 heavy (non-hydrogen) atoms. The minimum atomic E-state index is -0.509. The van der Waals surface area contributed by atoms with Gasteiger partial charge in [-0.25, -0.2) is 4.79 Å². The van der Waals surface area contributed by atoms with Gasteiger partial charge in [0.2, 0.25) is 5.91 Å². The Hall–Kier alpha value is -1.26. The van der Waals surface area contributed by atoms with E-state index in [4.69, 9.17) is 4.74 Å². The highest BCUT2D eigenvalue weighted by molar-refractivity contribution is 5.80. The smallest absolute Gasteiger partial charge is 0.407 e. The molecule has 2 unspecified atom stereocenters. The predicted molar refractivity (Wildman–Crippen MR) is 64.5 cm³/mol. The lowest BCUT2D eigenvalue weighted by Crippen LogP contribution is -2.47. The Morgan fingerprint density at radius 2 is 2.18 bits per heavy atom. The molecule has 0 aliphatic carbocycles. The van der Waals surface area contributed by atoms with Crippen molar-refractivity contribution in [3.8, 4) is 0 Å². The quantitative estimate of drug-likeness (QED) is 0.766. The zero-order valence-electron chi connectivity index (χ0n) is 11.0. The monoisotopic (exact) mass is 242 g/mol. The summed E-state index contributed by atoms with van der Waals surface area (Å²) in [5.74, 6) is 0.148. The molecule has 1 heterocycles. The van der Waals surface area contributed by atoms with Crippen molar-refractivity contribution in [2.45, 2.75) is 39.7 Å². The fourth-order valence-corrected chi connectivity index (χ4v) is 1.82. The minimum absolute atomic E-state index is 0.0137. The predicted octanol–water partition coefficient (Wildman–Crippen LogP) is 1.28. The van der Waals surface area contributed by atoms with Gasteiger partial charge in [0.15, 0.2) is 0 Å². The zero-order chi connectivity index (χ0) is 13.1. The lowest BCUT2D eigenvalue weighted by atomic mass is 9.87. The first-order valence-electron chi connectivity index (χ1n) is 6.04. The number of hydrogen-bond donors (Lipinski definition) is 2. The Bertz CT molecular complexity index is 297. The van der Waals surface area contributed by atoms with E-state index >= 15 is 0 Å². The fraction of sp³-hybridized carbons (Fsp3) is 0.833. The number of rotatable bonds is 2. The second-order valence-electron chi connectivity index (χ2n) is 5.55. The average molecular weight is 242 g/mol. The van der Waals surface area contributed by atoms with Gasteiger partial charge in [0.1, 0.15) is 5.60 Å². The molecule has 1 aliphatic heterocycles. The van der Waals surface area contributed by atoms with Crippen LogP contribution in [0.25, 0.3) is 0 Å². The molecule has 0 bridgehead atoms. The number of carbonyl (C=O) groups is 2. The third-order valence-corrected chi connectivity index (χ3v) is 2.79. The molecule has 1 fully saturated rings. The highest BCUT2D eigenvalue weighted by atomic mass is 16.6. The highest BCUT2D eigenvalue weighted by Gasteiger charge is 2.29. The van der Waals surface area contributed by atoms with Gasteiger partial charge in [-0.05, 0) is 33.1 Å². The molecular weight excluding hydrogens is 220 g/mol. The number of carbonyl (C=O) groups excluding carboxylic acids is 2. The van der Waals surface area contributed by atoms with E-state index in [0.717, 1.165) is 13.0 Å². The van der Waals surface area contributed by atoms with Crippen LogP contribution < -0.4 is 10.6 Å². The Labute approximate surface area is 102 Å². The Morgan fingerprint density at radius 1 is 1.53 bits per heavy atom. The number of piperidine rings is 1. The van der Waals surface area contributed by atoms with E-state index in [1.54, 1.807) is 0 Å². The highest BCUT2D eigenvalue weighted by Crippen LogP contribution is 2.18. The van der Waals surface area contributed by atoms with Gasteiger partial charge in [0.05, 0.1) is 5.92 Å². The number of ether oxygens (including phenoxy) is 1. The Kier molecular flexibility index (Phi) is 4.37. The molecule has 0 aromatic heterocycles. The van der Waals surface area contributed by atoms with Gasteiger partial charge in [0, 0.05) is 13.1 Å². The molecule has 2 N–H and O–H groups in total. The van der Waals surface area contributed by atoms with E-state index in [1.807, 2.05) is 27.7 Å². The molecule has 2 atom stereocenters. The maximum atomic E-state index is 11.6. The van der Waals surface area contributed by atoms with Crippen molar-refractivity contribution in [2.24, 2.45) is 11.8 Å². The van der Waals surface area contributed by atoms with Crippen molar-refractivity contribution in [3.05, 3.63) is 0 Å². The first-order chi connectivity index (χ1) is 7.79. The first kappa shape index (κ1) is 13.8. The van der Waals surface area contributed by atoms with Gasteiger partial charge in [-0.15, -0.1) is 0 Å². The van der Waals surface area contributed by atoms with Crippen LogP contribution in [0.2, 0.25) is 0 Å². The third kappa shape index (κ3) is 4.63. The van der Waals surface area contributed by atoms with E-state index in [0.29, 0.717) is 12.5 Å². The second kappa shape index (κ2) is 5.38. The van der Waals surface area contributed by atoms with Crippen molar-refractivity contribution in [1.29, 1.82) is 0 Å². The molecule has 0 aromatic carbocycles. The van der Waals surface area contributed by atoms with Crippen molar-refractivity contribution in [3.63, 3.8) is 0 Å². The number of nitrogens with one attached hydrogen (secondary N) is 2. The average Bonchev–Trinajstić information content (AvgIpc) is 2.14. The van der Waals surface area contributed by atoms with Gasteiger partial charge in [-0.3, -0.25) is 4.79 Å². The summed E-state index contributed by atoms with van der Waals surface area (Å²) in [5, 5.41) is 5.45. The maximum Gasteiger partial charge on any atom is 0.407 e. The van der Waals surface area contributed by atoms with Crippen LogP contribution in [-0.4, -0.2) is 30.7 Å². The molecule has 5 nitrogen and oxygen atoms in total. The normalized spacial score (nSPS) is 25.1. The van der Waals surface area contributed by atoms with E-state index in [-0.39, 0.29) is 11.8 Å². The number of amides is 2. The van der Waals surface area contributed by atoms with Gasteiger partial charge >= 0.3 is 6.09 Å². The third-order valence-electron chi connectivity index (χ3n) is 2.79. The largest absolute Gasteiger partial charge is 0.444 e. The van der Waals surface area contributed by atoms with E-state index < -0.39 is 11.7 Å². The molecule has 0 radical (unpaired) electrons. The topological polar surface area (TPSA) is 67.4 Å². The second-order valence-corrected chi connectivity index (χ2v) is 5.55. The van der Waals surface area contributed by atoms with Crippen molar-refractivity contribution in [1.82, 2.24) is 10.6 Å². The fourth-order valence-electron chi connectivity index (χ4n) is 1.82. The van der Waals surface area contributed by atoms with Crippen molar-refractivity contribution in [2.75, 3.05) is 13.1 Å². The van der Waals surface area contributed by atoms with Crippen LogP contribution in [0.3, 0.4) is 0 Å². The summed E-state index contributed by atoms with van der Waals surface area (Å²) in [4.78, 5) is 23.0. The summed E-state index contributed by atoms with van der Waals surface area (Å²) in [6, 6.07) is 0. The molecule has 0 aromatic rings. The van der Waals surface area contributed by atoms with Gasteiger partial charge in [-0.1, -0.05) is 6.92 Å². The summed E-state index contributed by atoms with van der Waals surface area (Å²) in [6.07, 6.45) is 0.481. The molecule has 5 heteroatoms. The number of hydrogen-bond acceptors (Lipinski definition) is 3. The van der Waals surface area contributed by atoms with Crippen LogP contribution >= 0.6 is 0 Å². The van der Waals surface area contributed by atoms with Crippen molar-refractivity contribution >= 4 is 12.0 Å². The lowest BCUT2D eigenvalue weighted by Gasteiger charge is -2.28. The molecule has 98 valence electrons. The van der Waals surface area contributed by atoms with Gasteiger partial charge in [-0.2, -0.15) is 0 Å². The molecule has 2 amide bonds. The van der Waals surface area contributed by atoms with Gasteiger partial charge < -0.3 is 15.4 Å². The van der Waals surface area contributed by atoms with Crippen LogP contribution in [0.15, 0.2) is 0 Å². The summed E-state index contributed by atoms with van der Waals surface area (Å²) in [6.45, 7) is 8.51.